The van der Waals surface area contributed by atoms with Gasteiger partial charge in [0, 0.05) is 17.8 Å². The summed E-state index contributed by atoms with van der Waals surface area (Å²) in [5.41, 5.74) is 3.05. The molecule has 0 saturated heterocycles. The second-order valence-electron chi connectivity index (χ2n) is 3.11. The Morgan fingerprint density at radius 1 is 1.20 bits per heavy atom. The molecule has 2 nitrogen and oxygen atoms in total. The normalized spacial score (nSPS) is 9.27. The first-order valence-corrected chi connectivity index (χ1v) is 5.16. The molecular formula is C13H16N2. The van der Waals surface area contributed by atoms with Crippen LogP contribution in [0.15, 0.2) is 30.5 Å². The van der Waals surface area contributed by atoms with E-state index in [1.165, 1.54) is 6.21 Å². The Balaban J connectivity index is 0.000000531. The minimum Gasteiger partial charge on any atom is -0.308 e. The van der Waals surface area contributed by atoms with E-state index in [2.05, 4.69) is 11.1 Å². The molecule has 1 aromatic carbocycles. The fourth-order valence-corrected chi connectivity index (χ4v) is 1.35. The van der Waals surface area contributed by atoms with Gasteiger partial charge in [0.2, 0.25) is 0 Å². The van der Waals surface area contributed by atoms with E-state index in [0.29, 0.717) is 0 Å². The lowest BCUT2D eigenvalue weighted by atomic mass is 10.1. The molecule has 0 saturated carbocycles. The maximum Gasteiger partial charge on any atom is 0.0702 e. The number of aryl methyl sites for hydroxylation is 1. The van der Waals surface area contributed by atoms with Crippen molar-refractivity contribution in [1.82, 2.24) is 4.98 Å². The van der Waals surface area contributed by atoms with E-state index in [4.69, 9.17) is 5.41 Å². The fraction of sp³-hybridized carbons (Fsp3) is 0.231. The summed E-state index contributed by atoms with van der Waals surface area (Å²) in [6.07, 6.45) is 3.20. The van der Waals surface area contributed by atoms with E-state index < -0.39 is 0 Å². The van der Waals surface area contributed by atoms with Crippen molar-refractivity contribution in [1.29, 1.82) is 5.41 Å². The molecule has 0 aliphatic heterocycles. The molecule has 0 aliphatic rings. The van der Waals surface area contributed by atoms with Gasteiger partial charge in [-0.15, -0.1) is 0 Å². The second-order valence-corrected chi connectivity index (χ2v) is 3.11. The number of nitrogens with zero attached hydrogens (tertiary/aromatic N) is 1. The quantitative estimate of drug-likeness (QED) is 0.702. The molecule has 0 spiro atoms. The van der Waals surface area contributed by atoms with Crippen molar-refractivity contribution in [2.45, 2.75) is 20.8 Å². The van der Waals surface area contributed by atoms with E-state index in [1.807, 2.05) is 45.2 Å². The first kappa shape index (κ1) is 11.4. The SMILES string of the molecule is CC.Cc1cnc2ccc(C=N)cc2c1. The predicted octanol–water partition coefficient (Wildman–Crippen LogP) is 3.57. The lowest BCUT2D eigenvalue weighted by molar-refractivity contribution is 1.33. The van der Waals surface area contributed by atoms with Gasteiger partial charge in [-0.2, -0.15) is 0 Å². The molecule has 2 heteroatoms. The molecule has 0 radical (unpaired) electrons. The van der Waals surface area contributed by atoms with Gasteiger partial charge in [0.1, 0.15) is 0 Å². The number of benzene rings is 1. The summed E-state index contributed by atoms with van der Waals surface area (Å²) in [6.45, 7) is 6.02. The number of nitrogens with one attached hydrogen (secondary N) is 1. The van der Waals surface area contributed by atoms with Crippen LogP contribution in [0.3, 0.4) is 0 Å². The average Bonchev–Trinajstić information content (AvgIpc) is 2.30. The average molecular weight is 200 g/mol. The Bertz CT molecular complexity index is 461. The summed E-state index contributed by atoms with van der Waals surface area (Å²) in [7, 11) is 0. The highest BCUT2D eigenvalue weighted by atomic mass is 14.6. The molecule has 1 heterocycles. The highest BCUT2D eigenvalue weighted by Crippen LogP contribution is 2.13. The van der Waals surface area contributed by atoms with Crippen LogP contribution in [0.2, 0.25) is 0 Å². The fourth-order valence-electron chi connectivity index (χ4n) is 1.35. The molecule has 15 heavy (non-hydrogen) atoms. The molecule has 0 fully saturated rings. The van der Waals surface area contributed by atoms with Crippen molar-refractivity contribution in [3.8, 4) is 0 Å². The minimum atomic E-state index is 0.917. The Morgan fingerprint density at radius 2 is 1.93 bits per heavy atom. The molecule has 78 valence electrons. The number of pyridine rings is 1. The molecular weight excluding hydrogens is 184 g/mol. The monoisotopic (exact) mass is 200 g/mol. The zero-order valence-corrected chi connectivity index (χ0v) is 9.41. The van der Waals surface area contributed by atoms with Gasteiger partial charge in [-0.25, -0.2) is 0 Å². The van der Waals surface area contributed by atoms with E-state index in [-0.39, 0.29) is 0 Å². The van der Waals surface area contributed by atoms with Crippen LogP contribution in [0, 0.1) is 12.3 Å². The minimum absolute atomic E-state index is 0.917. The summed E-state index contributed by atoms with van der Waals surface area (Å²) in [5, 5.41) is 8.23. The molecule has 0 amide bonds. The van der Waals surface area contributed by atoms with Crippen molar-refractivity contribution >= 4 is 17.1 Å². The van der Waals surface area contributed by atoms with Crippen molar-refractivity contribution in [2.24, 2.45) is 0 Å². The van der Waals surface area contributed by atoms with Crippen LogP contribution in [0.25, 0.3) is 10.9 Å². The van der Waals surface area contributed by atoms with E-state index in [0.717, 1.165) is 22.0 Å². The first-order chi connectivity index (χ1) is 7.29. The van der Waals surface area contributed by atoms with Crippen molar-refractivity contribution in [3.05, 3.63) is 41.6 Å². The van der Waals surface area contributed by atoms with Crippen LogP contribution in [0.1, 0.15) is 25.0 Å². The highest BCUT2D eigenvalue weighted by Gasteiger charge is 1.95. The van der Waals surface area contributed by atoms with Gasteiger partial charge in [0.05, 0.1) is 5.52 Å². The van der Waals surface area contributed by atoms with Gasteiger partial charge >= 0.3 is 0 Å². The predicted molar refractivity (Wildman–Crippen MR) is 65.7 cm³/mol. The van der Waals surface area contributed by atoms with Gasteiger partial charge < -0.3 is 5.41 Å². The van der Waals surface area contributed by atoms with E-state index >= 15 is 0 Å². The lowest BCUT2D eigenvalue weighted by Crippen LogP contribution is -1.84. The maximum atomic E-state index is 7.13. The van der Waals surface area contributed by atoms with Crippen molar-refractivity contribution in [2.75, 3.05) is 0 Å². The first-order valence-electron chi connectivity index (χ1n) is 5.16. The largest absolute Gasteiger partial charge is 0.308 e. The lowest BCUT2D eigenvalue weighted by Gasteiger charge is -1.99. The van der Waals surface area contributed by atoms with Crippen LogP contribution in [-0.4, -0.2) is 11.2 Å². The third kappa shape index (κ3) is 2.62. The number of hydrogen-bond donors (Lipinski definition) is 1. The topological polar surface area (TPSA) is 36.7 Å². The molecule has 0 atom stereocenters. The summed E-state index contributed by atoms with van der Waals surface area (Å²) >= 11 is 0. The van der Waals surface area contributed by atoms with Gasteiger partial charge in [0.25, 0.3) is 0 Å². The molecule has 0 bridgehead atoms. The zero-order valence-electron chi connectivity index (χ0n) is 9.41. The second kappa shape index (κ2) is 5.25. The number of hydrogen-bond acceptors (Lipinski definition) is 2. The summed E-state index contributed by atoms with van der Waals surface area (Å²) in [6, 6.07) is 7.89. The number of aromatic nitrogens is 1. The summed E-state index contributed by atoms with van der Waals surface area (Å²) < 4.78 is 0. The number of rotatable bonds is 1. The molecule has 2 rings (SSSR count). The van der Waals surface area contributed by atoms with Crippen molar-refractivity contribution < 1.29 is 0 Å². The zero-order chi connectivity index (χ0) is 11.3. The van der Waals surface area contributed by atoms with E-state index in [1.54, 1.807) is 0 Å². The van der Waals surface area contributed by atoms with Crippen molar-refractivity contribution in [3.63, 3.8) is 0 Å². The Hall–Kier alpha value is -1.70. The van der Waals surface area contributed by atoms with E-state index in [9.17, 15) is 0 Å². The van der Waals surface area contributed by atoms with Crippen LogP contribution < -0.4 is 0 Å². The van der Waals surface area contributed by atoms with Crippen LogP contribution >= 0.6 is 0 Å². The van der Waals surface area contributed by atoms with Gasteiger partial charge in [-0.05, 0) is 36.2 Å². The Morgan fingerprint density at radius 3 is 2.60 bits per heavy atom. The third-order valence-corrected chi connectivity index (χ3v) is 2.01. The molecule has 2 aromatic rings. The third-order valence-electron chi connectivity index (χ3n) is 2.01. The van der Waals surface area contributed by atoms with Gasteiger partial charge in [-0.3, -0.25) is 4.98 Å². The number of fused-ring (bicyclic) bond motifs is 1. The molecule has 0 aliphatic carbocycles. The van der Waals surface area contributed by atoms with Gasteiger partial charge in [-0.1, -0.05) is 19.9 Å². The maximum absolute atomic E-state index is 7.13. The molecule has 1 aromatic heterocycles. The standard InChI is InChI=1S/C11H10N2.C2H6/c1-8-4-10-5-9(6-12)2-3-11(10)13-7-8;1-2/h2-7,12H,1H3;1-2H3. The highest BCUT2D eigenvalue weighted by molar-refractivity contribution is 5.87. The smallest absolute Gasteiger partial charge is 0.0702 e. The molecule has 0 unspecified atom stereocenters. The summed E-state index contributed by atoms with van der Waals surface area (Å²) in [4.78, 5) is 4.28. The summed E-state index contributed by atoms with van der Waals surface area (Å²) in [5.74, 6) is 0. The van der Waals surface area contributed by atoms with Crippen LogP contribution in [-0.2, 0) is 0 Å². The van der Waals surface area contributed by atoms with Crippen LogP contribution in [0.4, 0.5) is 0 Å². The Kier molecular flexibility index (Phi) is 3.98. The Labute approximate surface area is 90.5 Å². The van der Waals surface area contributed by atoms with Gasteiger partial charge in [0.15, 0.2) is 0 Å². The molecule has 1 N–H and O–H groups in total. The van der Waals surface area contributed by atoms with Crippen LogP contribution in [0.5, 0.6) is 0 Å².